The second-order valence-electron chi connectivity index (χ2n) is 6.74. The minimum atomic E-state index is -0.370. The fourth-order valence-corrected chi connectivity index (χ4v) is 4.25. The highest BCUT2D eigenvalue weighted by atomic mass is 32.1. The lowest BCUT2D eigenvalue weighted by atomic mass is 9.94. The van der Waals surface area contributed by atoms with Gasteiger partial charge in [-0.1, -0.05) is 12.1 Å². The number of ether oxygens (including phenoxy) is 1. The lowest BCUT2D eigenvalue weighted by Gasteiger charge is -2.07. The Morgan fingerprint density at radius 1 is 1.29 bits per heavy atom. The number of nitrogens with one attached hydrogen (secondary N) is 1. The van der Waals surface area contributed by atoms with Gasteiger partial charge in [-0.25, -0.2) is 4.98 Å². The lowest BCUT2D eigenvalue weighted by molar-refractivity contribution is 0.0963. The van der Waals surface area contributed by atoms with E-state index in [0.717, 1.165) is 29.0 Å². The van der Waals surface area contributed by atoms with Crippen LogP contribution in [0.3, 0.4) is 0 Å². The highest BCUT2D eigenvalue weighted by Crippen LogP contribution is 2.30. The van der Waals surface area contributed by atoms with Crippen molar-refractivity contribution in [1.29, 1.82) is 0 Å². The first-order chi connectivity index (χ1) is 13.5. The smallest absolute Gasteiger partial charge is 0.293 e. The van der Waals surface area contributed by atoms with E-state index in [9.17, 15) is 9.59 Å². The summed E-state index contributed by atoms with van der Waals surface area (Å²) in [5.41, 5.74) is 2.33. The third kappa shape index (κ3) is 3.57. The number of hydrogen-bond donors (Lipinski definition) is 1. The number of benzene rings is 1. The van der Waals surface area contributed by atoms with Crippen molar-refractivity contribution >= 4 is 28.2 Å². The molecule has 144 valence electrons. The van der Waals surface area contributed by atoms with Gasteiger partial charge in [0.2, 0.25) is 0 Å². The molecule has 0 bridgehead atoms. The number of ketones is 1. The second-order valence-corrected chi connectivity index (χ2v) is 7.86. The summed E-state index contributed by atoms with van der Waals surface area (Å²) in [5, 5.41) is 3.30. The number of amides is 1. The minimum absolute atomic E-state index is 0.0533. The van der Waals surface area contributed by atoms with Crippen molar-refractivity contribution in [3.63, 3.8) is 0 Å². The van der Waals surface area contributed by atoms with Crippen LogP contribution in [0.25, 0.3) is 0 Å². The predicted molar refractivity (Wildman–Crippen MR) is 107 cm³/mol. The first-order valence-electron chi connectivity index (χ1n) is 9.09. The van der Waals surface area contributed by atoms with Gasteiger partial charge in [0.05, 0.1) is 12.7 Å². The summed E-state index contributed by atoms with van der Waals surface area (Å²) >= 11 is 1.42. The summed E-state index contributed by atoms with van der Waals surface area (Å²) in [6, 6.07) is 7.85. The number of Topliss-reactive ketones (excluding diaryl/α,β-unsaturated/α-hetero) is 1. The molecule has 1 N–H and O–H groups in total. The summed E-state index contributed by atoms with van der Waals surface area (Å²) in [5.74, 6) is 1.32. The molecule has 2 heterocycles. The molecule has 0 fully saturated rings. The van der Waals surface area contributed by atoms with Gasteiger partial charge in [0, 0.05) is 35.9 Å². The molecular formula is C21H20N2O4S. The molecule has 7 heteroatoms. The van der Waals surface area contributed by atoms with Crippen molar-refractivity contribution in [2.24, 2.45) is 0 Å². The molecule has 0 saturated carbocycles. The molecule has 3 aromatic rings. The minimum Gasteiger partial charge on any atom is -0.497 e. The van der Waals surface area contributed by atoms with Crippen LogP contribution in [0.2, 0.25) is 0 Å². The normalized spacial score (nSPS) is 13.3. The molecule has 0 saturated heterocycles. The van der Waals surface area contributed by atoms with E-state index in [2.05, 4.69) is 10.3 Å². The molecule has 2 aromatic heterocycles. The zero-order valence-electron chi connectivity index (χ0n) is 15.7. The number of thiazole rings is 1. The Labute approximate surface area is 166 Å². The van der Waals surface area contributed by atoms with Gasteiger partial charge >= 0.3 is 0 Å². The molecule has 1 aliphatic carbocycles. The number of furan rings is 1. The third-order valence-corrected chi connectivity index (χ3v) is 5.74. The van der Waals surface area contributed by atoms with E-state index in [1.165, 1.54) is 11.3 Å². The Morgan fingerprint density at radius 3 is 2.79 bits per heavy atom. The van der Waals surface area contributed by atoms with Gasteiger partial charge in [-0.05, 0) is 31.0 Å². The molecule has 0 spiro atoms. The molecule has 0 atom stereocenters. The number of nitrogens with zero attached hydrogens (tertiary/aromatic N) is 1. The SMILES string of the molecule is COc1ccc(Cc2cnc(NC(=O)c3oc4c(c3C)C(=O)CCC4)s2)cc1. The van der Waals surface area contributed by atoms with E-state index < -0.39 is 0 Å². The van der Waals surface area contributed by atoms with Crippen LogP contribution >= 0.6 is 11.3 Å². The van der Waals surface area contributed by atoms with E-state index in [4.69, 9.17) is 9.15 Å². The molecule has 1 amide bonds. The Hall–Kier alpha value is -2.93. The van der Waals surface area contributed by atoms with Gasteiger partial charge in [-0.2, -0.15) is 0 Å². The van der Waals surface area contributed by atoms with Gasteiger partial charge in [0.15, 0.2) is 16.7 Å². The number of carbonyl (C=O) groups excluding carboxylic acids is 2. The van der Waals surface area contributed by atoms with Gasteiger partial charge in [-0.3, -0.25) is 14.9 Å². The molecule has 28 heavy (non-hydrogen) atoms. The largest absolute Gasteiger partial charge is 0.497 e. The highest BCUT2D eigenvalue weighted by molar-refractivity contribution is 7.15. The lowest BCUT2D eigenvalue weighted by Crippen LogP contribution is -2.13. The topological polar surface area (TPSA) is 81.4 Å². The maximum Gasteiger partial charge on any atom is 0.293 e. The van der Waals surface area contributed by atoms with Gasteiger partial charge < -0.3 is 9.15 Å². The van der Waals surface area contributed by atoms with E-state index in [1.54, 1.807) is 20.2 Å². The zero-order chi connectivity index (χ0) is 19.7. The van der Waals surface area contributed by atoms with Crippen molar-refractivity contribution in [2.45, 2.75) is 32.6 Å². The van der Waals surface area contributed by atoms with Crippen LogP contribution in [0.4, 0.5) is 5.13 Å². The number of rotatable bonds is 5. The number of hydrogen-bond acceptors (Lipinski definition) is 6. The monoisotopic (exact) mass is 396 g/mol. The van der Waals surface area contributed by atoms with Crippen LogP contribution in [-0.2, 0) is 12.8 Å². The molecular weight excluding hydrogens is 376 g/mol. The van der Waals surface area contributed by atoms with Crippen LogP contribution in [-0.4, -0.2) is 23.8 Å². The first-order valence-corrected chi connectivity index (χ1v) is 9.91. The Kier molecular flexibility index (Phi) is 5.00. The van der Waals surface area contributed by atoms with Crippen molar-refractivity contribution in [1.82, 2.24) is 4.98 Å². The fourth-order valence-electron chi connectivity index (χ4n) is 3.41. The molecule has 1 aliphatic rings. The number of carbonyl (C=O) groups is 2. The molecule has 4 rings (SSSR count). The summed E-state index contributed by atoms with van der Waals surface area (Å²) in [6.45, 7) is 1.76. The van der Waals surface area contributed by atoms with Crippen LogP contribution < -0.4 is 10.1 Å². The van der Waals surface area contributed by atoms with Gasteiger partial charge in [-0.15, -0.1) is 11.3 Å². The standard InChI is InChI=1S/C21H20N2O4S/c1-12-18-16(24)4-3-5-17(18)27-19(12)20(25)23-21-22-11-15(28-21)10-13-6-8-14(26-2)9-7-13/h6-9,11H,3-5,10H2,1-2H3,(H,22,23,25). The summed E-state index contributed by atoms with van der Waals surface area (Å²) in [7, 11) is 1.64. The Morgan fingerprint density at radius 2 is 2.07 bits per heavy atom. The van der Waals surface area contributed by atoms with Crippen LogP contribution in [0.5, 0.6) is 5.75 Å². The number of aromatic nitrogens is 1. The fraction of sp³-hybridized carbons (Fsp3) is 0.286. The molecule has 0 unspecified atom stereocenters. The second kappa shape index (κ2) is 7.59. The van der Waals surface area contributed by atoms with E-state index in [0.29, 0.717) is 34.9 Å². The summed E-state index contributed by atoms with van der Waals surface area (Å²) < 4.78 is 10.9. The zero-order valence-corrected chi connectivity index (χ0v) is 16.5. The van der Waals surface area contributed by atoms with E-state index >= 15 is 0 Å². The van der Waals surface area contributed by atoms with Gasteiger partial charge in [0.1, 0.15) is 11.5 Å². The van der Waals surface area contributed by atoms with Crippen LogP contribution in [0.15, 0.2) is 34.9 Å². The third-order valence-electron chi connectivity index (χ3n) is 4.82. The quantitative estimate of drug-likeness (QED) is 0.691. The number of methoxy groups -OCH3 is 1. The number of fused-ring (bicyclic) bond motifs is 1. The molecule has 1 aromatic carbocycles. The molecule has 0 radical (unpaired) electrons. The highest BCUT2D eigenvalue weighted by Gasteiger charge is 2.29. The summed E-state index contributed by atoms with van der Waals surface area (Å²) in [6.07, 6.45) is 4.45. The first kappa shape index (κ1) is 18.4. The maximum absolute atomic E-state index is 12.6. The predicted octanol–water partition coefficient (Wildman–Crippen LogP) is 4.42. The van der Waals surface area contributed by atoms with Crippen LogP contribution in [0, 0.1) is 6.92 Å². The average molecular weight is 396 g/mol. The van der Waals surface area contributed by atoms with Crippen LogP contribution in [0.1, 0.15) is 55.5 Å². The Bertz CT molecular complexity index is 1030. The average Bonchev–Trinajstić information content (AvgIpc) is 3.27. The van der Waals surface area contributed by atoms with Crippen molar-refractivity contribution in [2.75, 3.05) is 12.4 Å². The molecule has 0 aliphatic heterocycles. The van der Waals surface area contributed by atoms with Crippen molar-refractivity contribution in [3.05, 3.63) is 63.6 Å². The van der Waals surface area contributed by atoms with Crippen molar-refractivity contribution in [3.8, 4) is 5.75 Å². The van der Waals surface area contributed by atoms with Crippen molar-refractivity contribution < 1.29 is 18.7 Å². The Balaban J connectivity index is 1.46. The molecule has 6 nitrogen and oxygen atoms in total. The number of anilines is 1. The maximum atomic E-state index is 12.6. The van der Waals surface area contributed by atoms with E-state index in [-0.39, 0.29) is 17.5 Å². The number of aryl methyl sites for hydroxylation is 1. The van der Waals surface area contributed by atoms with Gasteiger partial charge in [0.25, 0.3) is 5.91 Å². The van der Waals surface area contributed by atoms with E-state index in [1.807, 2.05) is 24.3 Å². The summed E-state index contributed by atoms with van der Waals surface area (Å²) in [4.78, 5) is 30.1.